The molecule has 1 rings (SSSR count). The van der Waals surface area contributed by atoms with E-state index >= 15 is 0 Å². The van der Waals surface area contributed by atoms with E-state index in [2.05, 4.69) is 13.0 Å². The maximum atomic E-state index is 11.0. The molecule has 0 amide bonds. The van der Waals surface area contributed by atoms with Crippen molar-refractivity contribution in [3.63, 3.8) is 0 Å². The molecule has 0 heterocycles. The van der Waals surface area contributed by atoms with E-state index in [-0.39, 0.29) is 5.41 Å². The van der Waals surface area contributed by atoms with Crippen LogP contribution in [0.2, 0.25) is 0 Å². The molecule has 1 aromatic rings. The molecule has 15 heavy (non-hydrogen) atoms. The number of rotatable bonds is 2. The summed E-state index contributed by atoms with van der Waals surface area (Å²) in [5.41, 5.74) is 3.05. The Morgan fingerprint density at radius 2 is 1.80 bits per heavy atom. The van der Waals surface area contributed by atoms with E-state index in [0.29, 0.717) is 0 Å². The zero-order chi connectivity index (χ0) is 11.5. The second-order valence-corrected chi connectivity index (χ2v) is 4.82. The van der Waals surface area contributed by atoms with Crippen LogP contribution in [0.4, 0.5) is 0 Å². The first-order valence-corrected chi connectivity index (χ1v) is 5.18. The second kappa shape index (κ2) is 4.43. The van der Waals surface area contributed by atoms with Gasteiger partial charge in [0.1, 0.15) is 6.29 Å². The fraction of sp³-hybridized carbons (Fsp3) is 0.357. The molecule has 0 fully saturated rings. The van der Waals surface area contributed by atoms with Gasteiger partial charge < -0.3 is 0 Å². The molecular weight excluding hydrogens is 184 g/mol. The number of hydrogen-bond donors (Lipinski definition) is 0. The zero-order valence-electron chi connectivity index (χ0n) is 9.87. The molecule has 0 saturated carbocycles. The maximum absolute atomic E-state index is 11.0. The SMILES string of the molecule is Cc1ccccc1/C=C(\C=O)C(C)(C)C. The Labute approximate surface area is 91.8 Å². The zero-order valence-corrected chi connectivity index (χ0v) is 9.87. The van der Waals surface area contributed by atoms with Crippen LogP contribution < -0.4 is 0 Å². The van der Waals surface area contributed by atoms with Gasteiger partial charge in [0.2, 0.25) is 0 Å². The minimum atomic E-state index is -0.0932. The van der Waals surface area contributed by atoms with Crippen molar-refractivity contribution in [1.29, 1.82) is 0 Å². The lowest BCUT2D eigenvalue weighted by Gasteiger charge is -2.18. The van der Waals surface area contributed by atoms with Crippen LogP contribution in [0.1, 0.15) is 31.9 Å². The van der Waals surface area contributed by atoms with E-state index in [9.17, 15) is 4.79 Å². The molecule has 0 saturated heterocycles. The Morgan fingerprint density at radius 1 is 1.20 bits per heavy atom. The van der Waals surface area contributed by atoms with Gasteiger partial charge in [0.25, 0.3) is 0 Å². The highest BCUT2D eigenvalue weighted by atomic mass is 16.1. The Balaban J connectivity index is 3.15. The number of aryl methyl sites for hydroxylation is 1. The van der Waals surface area contributed by atoms with Gasteiger partial charge in [-0.25, -0.2) is 0 Å². The highest BCUT2D eigenvalue weighted by Gasteiger charge is 2.16. The number of benzene rings is 1. The predicted octanol–water partition coefficient (Wildman–Crippen LogP) is 3.62. The van der Waals surface area contributed by atoms with E-state index in [1.54, 1.807) is 0 Å². The van der Waals surface area contributed by atoms with Crippen LogP contribution >= 0.6 is 0 Å². The number of aldehydes is 1. The molecule has 0 aliphatic rings. The third kappa shape index (κ3) is 3.05. The van der Waals surface area contributed by atoms with Crippen LogP contribution in [0.25, 0.3) is 6.08 Å². The highest BCUT2D eigenvalue weighted by molar-refractivity contribution is 5.83. The van der Waals surface area contributed by atoms with Crippen molar-refractivity contribution in [2.45, 2.75) is 27.7 Å². The Kier molecular flexibility index (Phi) is 3.46. The van der Waals surface area contributed by atoms with Gasteiger partial charge >= 0.3 is 0 Å². The first-order valence-electron chi connectivity index (χ1n) is 5.18. The lowest BCUT2D eigenvalue weighted by atomic mass is 9.86. The Hall–Kier alpha value is -1.37. The van der Waals surface area contributed by atoms with Crippen LogP contribution in [-0.2, 0) is 4.79 Å². The van der Waals surface area contributed by atoms with Gasteiger partial charge in [-0.2, -0.15) is 0 Å². The molecule has 0 unspecified atom stereocenters. The molecule has 0 aliphatic carbocycles. The minimum absolute atomic E-state index is 0.0932. The van der Waals surface area contributed by atoms with Crippen molar-refractivity contribution in [3.05, 3.63) is 41.0 Å². The summed E-state index contributed by atoms with van der Waals surface area (Å²) >= 11 is 0. The number of carbonyl (C=O) groups excluding carboxylic acids is 1. The second-order valence-electron chi connectivity index (χ2n) is 4.82. The van der Waals surface area contributed by atoms with Gasteiger partial charge in [0.05, 0.1) is 0 Å². The average molecular weight is 202 g/mol. The van der Waals surface area contributed by atoms with Gasteiger partial charge in [-0.1, -0.05) is 45.0 Å². The van der Waals surface area contributed by atoms with Crippen LogP contribution in [-0.4, -0.2) is 6.29 Å². The molecule has 1 aromatic carbocycles. The maximum Gasteiger partial charge on any atom is 0.146 e. The smallest absolute Gasteiger partial charge is 0.146 e. The van der Waals surface area contributed by atoms with E-state index in [0.717, 1.165) is 17.4 Å². The summed E-state index contributed by atoms with van der Waals surface area (Å²) in [5.74, 6) is 0. The molecule has 1 nitrogen and oxygen atoms in total. The molecule has 0 spiro atoms. The Morgan fingerprint density at radius 3 is 2.27 bits per heavy atom. The lowest BCUT2D eigenvalue weighted by molar-refractivity contribution is -0.105. The standard InChI is InChI=1S/C14H18O/c1-11-7-5-6-8-12(11)9-13(10-15)14(2,3)4/h5-10H,1-4H3/b13-9+. The van der Waals surface area contributed by atoms with Crippen molar-refractivity contribution in [3.8, 4) is 0 Å². The van der Waals surface area contributed by atoms with E-state index < -0.39 is 0 Å². The topological polar surface area (TPSA) is 17.1 Å². The van der Waals surface area contributed by atoms with Gasteiger partial charge in [-0.05, 0) is 35.1 Å². The average Bonchev–Trinajstić information content (AvgIpc) is 2.14. The Bertz CT molecular complexity index is 381. The quantitative estimate of drug-likeness (QED) is 0.528. The third-order valence-corrected chi connectivity index (χ3v) is 2.49. The van der Waals surface area contributed by atoms with Gasteiger partial charge in [-0.3, -0.25) is 4.79 Å². The van der Waals surface area contributed by atoms with E-state index in [1.165, 1.54) is 5.56 Å². The van der Waals surface area contributed by atoms with Gasteiger partial charge in [-0.15, -0.1) is 0 Å². The molecule has 1 heteroatoms. The third-order valence-electron chi connectivity index (χ3n) is 2.49. The van der Waals surface area contributed by atoms with Crippen LogP contribution in [0.5, 0.6) is 0 Å². The summed E-state index contributed by atoms with van der Waals surface area (Å²) in [6, 6.07) is 8.08. The summed E-state index contributed by atoms with van der Waals surface area (Å²) in [6.45, 7) is 8.19. The first-order chi connectivity index (χ1) is 6.95. The number of allylic oxidation sites excluding steroid dienone is 1. The summed E-state index contributed by atoms with van der Waals surface area (Å²) in [6.07, 6.45) is 2.93. The van der Waals surface area contributed by atoms with Crippen molar-refractivity contribution in [2.75, 3.05) is 0 Å². The fourth-order valence-corrected chi connectivity index (χ4v) is 1.34. The van der Waals surface area contributed by atoms with Gasteiger partial charge in [0, 0.05) is 0 Å². The molecule has 0 atom stereocenters. The molecule has 0 radical (unpaired) electrons. The van der Waals surface area contributed by atoms with Crippen LogP contribution in [0, 0.1) is 12.3 Å². The van der Waals surface area contributed by atoms with E-state index in [1.807, 2.05) is 45.0 Å². The largest absolute Gasteiger partial charge is 0.298 e. The van der Waals surface area contributed by atoms with Gasteiger partial charge in [0.15, 0.2) is 0 Å². The lowest BCUT2D eigenvalue weighted by Crippen LogP contribution is -2.10. The summed E-state index contributed by atoms with van der Waals surface area (Å²) in [4.78, 5) is 11.0. The minimum Gasteiger partial charge on any atom is -0.298 e. The molecule has 80 valence electrons. The molecule has 0 aliphatic heterocycles. The summed E-state index contributed by atoms with van der Waals surface area (Å²) in [7, 11) is 0. The first kappa shape index (κ1) is 11.7. The van der Waals surface area contributed by atoms with Crippen molar-refractivity contribution < 1.29 is 4.79 Å². The van der Waals surface area contributed by atoms with Crippen molar-refractivity contribution in [2.24, 2.45) is 5.41 Å². The molecule has 0 bridgehead atoms. The predicted molar refractivity (Wildman–Crippen MR) is 64.7 cm³/mol. The molecular formula is C14H18O. The van der Waals surface area contributed by atoms with Crippen molar-refractivity contribution in [1.82, 2.24) is 0 Å². The molecule has 0 aromatic heterocycles. The highest BCUT2D eigenvalue weighted by Crippen LogP contribution is 2.26. The monoisotopic (exact) mass is 202 g/mol. The summed E-state index contributed by atoms with van der Waals surface area (Å²) < 4.78 is 0. The van der Waals surface area contributed by atoms with E-state index in [4.69, 9.17) is 0 Å². The normalized spacial score (nSPS) is 12.7. The van der Waals surface area contributed by atoms with Crippen molar-refractivity contribution >= 4 is 12.4 Å². The number of hydrogen-bond acceptors (Lipinski definition) is 1. The van der Waals surface area contributed by atoms with Crippen LogP contribution in [0.3, 0.4) is 0 Å². The summed E-state index contributed by atoms with van der Waals surface area (Å²) in [5, 5.41) is 0. The van der Waals surface area contributed by atoms with Crippen LogP contribution in [0.15, 0.2) is 29.8 Å². The number of carbonyl (C=O) groups is 1. The fourth-order valence-electron chi connectivity index (χ4n) is 1.34. The molecule has 0 N–H and O–H groups in total.